The van der Waals surface area contributed by atoms with Crippen molar-refractivity contribution in [1.29, 1.82) is 0 Å². The number of nitrogens with zero attached hydrogens (tertiary/aromatic N) is 4. The van der Waals surface area contributed by atoms with Gasteiger partial charge >= 0.3 is 115 Å². The number of esters is 2. The summed E-state index contributed by atoms with van der Waals surface area (Å²) in [6, 6.07) is 8.05. The SMILES string of the molecule is CC(C)(C)OC(=O)c1ccc(Cl)nc1Cl.CC(C)(C)OCC1=NC(c2ccc(C(=O)OC(C)(C)C)c(Cl)n2)C=C1.CC(C)(C)OCc1ccn[nH]1.O=CO[O-].[H-].[K+].[K+]. The number of carbonyl (C=O) groups excluding carboxylic acids is 3. The van der Waals surface area contributed by atoms with Crippen LogP contribution in [0.2, 0.25) is 15.5 Å². The zero-order chi connectivity index (χ0) is 42.2. The van der Waals surface area contributed by atoms with E-state index < -0.39 is 23.1 Å². The number of aromatic nitrogens is 4. The summed E-state index contributed by atoms with van der Waals surface area (Å²) in [5.74, 6) is -0.988. The molecule has 306 valence electrons. The quantitative estimate of drug-likeness (QED) is 0.0869. The maximum absolute atomic E-state index is 12.1. The summed E-state index contributed by atoms with van der Waals surface area (Å²) in [4.78, 5) is 47.6. The van der Waals surface area contributed by atoms with Gasteiger partial charge in [0.05, 0.1) is 52.6 Å². The molecule has 19 heteroatoms. The van der Waals surface area contributed by atoms with Crippen molar-refractivity contribution in [3.8, 4) is 0 Å². The van der Waals surface area contributed by atoms with E-state index in [2.05, 4.69) is 30.0 Å². The van der Waals surface area contributed by atoms with Crippen LogP contribution < -0.4 is 108 Å². The summed E-state index contributed by atoms with van der Waals surface area (Å²) in [7, 11) is 0. The van der Waals surface area contributed by atoms with E-state index in [-0.39, 0.29) is 154 Å². The van der Waals surface area contributed by atoms with Crippen molar-refractivity contribution in [1.82, 2.24) is 20.2 Å². The number of H-pyrrole nitrogens is 1. The number of aliphatic imine (C=N–C) groups is 1. The Morgan fingerprint density at radius 3 is 1.63 bits per heavy atom. The van der Waals surface area contributed by atoms with Gasteiger partial charge in [-0.3, -0.25) is 14.9 Å². The van der Waals surface area contributed by atoms with E-state index in [0.717, 1.165) is 11.4 Å². The minimum Gasteiger partial charge on any atom is -1.00 e. The molecule has 0 aliphatic carbocycles. The van der Waals surface area contributed by atoms with Crippen molar-refractivity contribution in [3.63, 3.8) is 0 Å². The minimum atomic E-state index is -0.584. The van der Waals surface area contributed by atoms with Gasteiger partial charge in [0.1, 0.15) is 32.7 Å². The van der Waals surface area contributed by atoms with Gasteiger partial charge < -0.3 is 30.5 Å². The van der Waals surface area contributed by atoms with Crippen molar-refractivity contribution in [2.24, 2.45) is 4.99 Å². The van der Waals surface area contributed by atoms with Gasteiger partial charge in [0.15, 0.2) is 0 Å². The Morgan fingerprint density at radius 2 is 1.23 bits per heavy atom. The summed E-state index contributed by atoms with van der Waals surface area (Å²) in [5.41, 5.74) is 1.59. The molecule has 0 spiro atoms. The van der Waals surface area contributed by atoms with Crippen LogP contribution in [0, 0.1) is 0 Å². The van der Waals surface area contributed by atoms with Gasteiger partial charge in [0, 0.05) is 6.20 Å². The zero-order valence-corrected chi connectivity index (χ0v) is 43.8. The third-order valence-electron chi connectivity index (χ3n) is 5.91. The van der Waals surface area contributed by atoms with Crippen LogP contribution in [0.3, 0.4) is 0 Å². The predicted molar refractivity (Wildman–Crippen MR) is 210 cm³/mol. The second-order valence-electron chi connectivity index (χ2n) is 15.6. The molecule has 0 saturated heterocycles. The van der Waals surface area contributed by atoms with Crippen LogP contribution in [0.4, 0.5) is 0 Å². The molecule has 0 fully saturated rings. The van der Waals surface area contributed by atoms with Crippen molar-refractivity contribution < 1.29 is 148 Å². The molecule has 0 amide bonds. The van der Waals surface area contributed by atoms with Gasteiger partial charge in [-0.2, -0.15) is 5.10 Å². The largest absolute Gasteiger partial charge is 1.00 e. The van der Waals surface area contributed by atoms with E-state index in [0.29, 0.717) is 18.9 Å². The third-order valence-corrected chi connectivity index (χ3v) is 6.70. The number of carbonyl (C=O) groups is 3. The molecule has 4 rings (SSSR count). The molecule has 57 heavy (non-hydrogen) atoms. The Morgan fingerprint density at radius 1 is 0.754 bits per heavy atom. The molecule has 3 aromatic rings. The van der Waals surface area contributed by atoms with Crippen LogP contribution in [0.5, 0.6) is 0 Å². The van der Waals surface area contributed by atoms with Gasteiger partial charge in [-0.05, 0) is 119 Å². The van der Waals surface area contributed by atoms with E-state index >= 15 is 0 Å². The molecule has 1 atom stereocenters. The average molecular weight is 907 g/mol. The number of pyridine rings is 2. The second kappa shape index (κ2) is 27.3. The Balaban J connectivity index is -0.000000784. The summed E-state index contributed by atoms with van der Waals surface area (Å²) >= 11 is 17.5. The Labute approximate surface area is 437 Å². The number of aromatic amines is 1. The molecule has 3 aromatic heterocycles. The van der Waals surface area contributed by atoms with Gasteiger partial charge in [-0.25, -0.2) is 19.6 Å². The molecule has 14 nitrogen and oxygen atoms in total. The standard InChI is InChI=1S/C19H25ClN2O3.C10H11Cl2NO2.C8H14N2O.CH2O3.2K.H/c1-18(2,3)24-11-12-7-9-14(21-12)15-10-8-13(16(20)22-15)17(23)25-19(4,5)6;1-10(2,3)15-9(14)6-4-5-7(11)13-8(6)12;1-8(2,3)11-6-7-4-5-9-10-7;2-1-4-3;;;/h7-10,14H,11H2,1-6H3;4-5H,1-3H3;4-5H,6H2,1-3H3,(H,9,10);1,3H;;;/q;;;;2*+1;-1/p-1. The summed E-state index contributed by atoms with van der Waals surface area (Å²) in [6.45, 7) is 23.7. The van der Waals surface area contributed by atoms with Gasteiger partial charge in [0.25, 0.3) is 6.47 Å². The van der Waals surface area contributed by atoms with Crippen LogP contribution in [0.15, 0.2) is 53.7 Å². The van der Waals surface area contributed by atoms with Gasteiger partial charge in [-0.1, -0.05) is 40.9 Å². The average Bonchev–Trinajstić information content (AvgIpc) is 3.74. The fraction of sp³-hybridized carbons (Fsp3) is 0.500. The maximum Gasteiger partial charge on any atom is 1.00 e. The van der Waals surface area contributed by atoms with Gasteiger partial charge in [-0.15, -0.1) is 0 Å². The number of ether oxygens (including phenoxy) is 4. The molecule has 0 saturated carbocycles. The summed E-state index contributed by atoms with van der Waals surface area (Å²) in [5, 5.41) is 15.5. The minimum absolute atomic E-state index is 0. The first-order chi connectivity index (χ1) is 25.2. The Hall–Kier alpha value is -0.647. The molecule has 1 aliphatic heterocycles. The molecule has 1 unspecified atom stereocenters. The van der Waals surface area contributed by atoms with E-state index in [9.17, 15) is 9.59 Å². The molecular formula is C38H52Cl3K2N5O9. The summed E-state index contributed by atoms with van der Waals surface area (Å²) in [6.07, 6.45) is 5.59. The molecule has 4 heterocycles. The van der Waals surface area contributed by atoms with Crippen LogP contribution in [-0.4, -0.2) is 73.3 Å². The number of hydrogen-bond acceptors (Lipinski definition) is 13. The molecule has 1 aliphatic rings. The predicted octanol–water partition coefficient (Wildman–Crippen LogP) is 2.18. The first-order valence-electron chi connectivity index (χ1n) is 16.9. The van der Waals surface area contributed by atoms with Crippen LogP contribution in [0.1, 0.15) is 123 Å². The van der Waals surface area contributed by atoms with E-state index in [1.165, 1.54) is 12.1 Å². The normalized spacial score (nSPS) is 13.3. The molecule has 1 N–H and O–H groups in total. The smallest absolute Gasteiger partial charge is 1.00 e. The molecular weight excluding hydrogens is 855 g/mol. The topological polar surface area (TPSA) is 187 Å². The van der Waals surface area contributed by atoms with E-state index in [1.54, 1.807) is 59.9 Å². The monoisotopic (exact) mass is 905 g/mol. The number of halogens is 3. The van der Waals surface area contributed by atoms with Crippen molar-refractivity contribution in [2.75, 3.05) is 6.61 Å². The molecule has 0 aromatic carbocycles. The van der Waals surface area contributed by atoms with Crippen LogP contribution in [0.25, 0.3) is 0 Å². The maximum atomic E-state index is 12.1. The van der Waals surface area contributed by atoms with Gasteiger partial charge in [0.2, 0.25) is 0 Å². The number of nitrogens with one attached hydrogen (secondary N) is 1. The fourth-order valence-corrected chi connectivity index (χ4v) is 4.32. The van der Waals surface area contributed by atoms with Crippen molar-refractivity contribution in [2.45, 2.75) is 118 Å². The fourth-order valence-electron chi connectivity index (χ4n) is 3.66. The third kappa shape index (κ3) is 27.0. The first kappa shape index (κ1) is 58.4. The van der Waals surface area contributed by atoms with Crippen molar-refractivity contribution in [3.05, 3.63) is 86.7 Å². The number of hydrogen-bond donors (Lipinski definition) is 1. The molecule has 0 bridgehead atoms. The molecule has 0 radical (unpaired) electrons. The Bertz CT molecular complexity index is 1760. The summed E-state index contributed by atoms with van der Waals surface area (Å²) < 4.78 is 21.7. The number of rotatable bonds is 8. The van der Waals surface area contributed by atoms with E-state index in [4.69, 9.17) is 63.8 Å². The van der Waals surface area contributed by atoms with Crippen molar-refractivity contribution >= 4 is 58.9 Å². The first-order valence-corrected chi connectivity index (χ1v) is 18.1. The second-order valence-corrected chi connectivity index (χ2v) is 16.7. The van der Waals surface area contributed by atoms with E-state index in [1.807, 2.05) is 59.8 Å². The zero-order valence-electron chi connectivity index (χ0n) is 36.3. The van der Waals surface area contributed by atoms with Crippen LogP contribution >= 0.6 is 34.8 Å². The van der Waals surface area contributed by atoms with Crippen LogP contribution in [-0.2, 0) is 35.2 Å². The Kier molecular flexibility index (Phi) is 28.0.